The third-order valence-electron chi connectivity index (χ3n) is 2.57. The van der Waals surface area contributed by atoms with E-state index in [1.54, 1.807) is 7.11 Å². The summed E-state index contributed by atoms with van der Waals surface area (Å²) in [6.07, 6.45) is 1.29. The molecule has 4 nitrogen and oxygen atoms in total. The number of rotatable bonds is 6. The van der Waals surface area contributed by atoms with Crippen LogP contribution in [-0.4, -0.2) is 24.7 Å². The van der Waals surface area contributed by atoms with E-state index in [1.165, 1.54) is 0 Å². The highest BCUT2D eigenvalue weighted by Crippen LogP contribution is 2.14. The predicted octanol–water partition coefficient (Wildman–Crippen LogP) is 1.29. The monoisotopic (exact) mass is 223 g/mol. The third-order valence-corrected chi connectivity index (χ3v) is 2.57. The van der Waals surface area contributed by atoms with Crippen LogP contribution >= 0.6 is 0 Å². The van der Waals surface area contributed by atoms with Gasteiger partial charge in [-0.05, 0) is 30.5 Å². The summed E-state index contributed by atoms with van der Waals surface area (Å²) in [5.41, 5.74) is 6.48. The first-order valence-electron chi connectivity index (χ1n) is 5.23. The maximum absolute atomic E-state index is 10.8. The molecule has 0 heterocycles. The fourth-order valence-corrected chi connectivity index (χ4v) is 1.48. The number of ether oxygens (including phenoxy) is 1. The highest BCUT2D eigenvalue weighted by molar-refractivity contribution is 5.70. The molecule has 0 amide bonds. The van der Waals surface area contributed by atoms with Crippen LogP contribution in [0.3, 0.4) is 0 Å². The SMILES string of the molecule is COc1ccc(CCC(CN)C(=O)O)cc1. The molecule has 1 aromatic rings. The molecule has 1 aromatic carbocycles. The molecule has 88 valence electrons. The summed E-state index contributed by atoms with van der Waals surface area (Å²) < 4.78 is 5.04. The molecule has 0 radical (unpaired) electrons. The van der Waals surface area contributed by atoms with E-state index in [1.807, 2.05) is 24.3 Å². The van der Waals surface area contributed by atoms with Crippen molar-refractivity contribution in [3.8, 4) is 5.75 Å². The summed E-state index contributed by atoms with van der Waals surface area (Å²) >= 11 is 0. The fourth-order valence-electron chi connectivity index (χ4n) is 1.48. The molecule has 0 aliphatic carbocycles. The zero-order chi connectivity index (χ0) is 12.0. The average Bonchev–Trinajstić information content (AvgIpc) is 2.30. The number of hydrogen-bond donors (Lipinski definition) is 2. The molecule has 3 N–H and O–H groups in total. The molecule has 0 aromatic heterocycles. The fraction of sp³-hybridized carbons (Fsp3) is 0.417. The standard InChI is InChI=1S/C12H17NO3/c1-16-11-6-3-9(4-7-11)2-5-10(8-13)12(14)15/h3-4,6-7,10H,2,5,8,13H2,1H3,(H,14,15). The van der Waals surface area contributed by atoms with Crippen molar-refractivity contribution < 1.29 is 14.6 Å². The molecule has 0 aliphatic heterocycles. The van der Waals surface area contributed by atoms with Crippen molar-refractivity contribution in [1.82, 2.24) is 0 Å². The number of carbonyl (C=O) groups is 1. The average molecular weight is 223 g/mol. The molecule has 1 rings (SSSR count). The summed E-state index contributed by atoms with van der Waals surface area (Å²) in [6, 6.07) is 7.61. The van der Waals surface area contributed by atoms with E-state index in [0.717, 1.165) is 17.7 Å². The first-order chi connectivity index (χ1) is 7.67. The molecule has 0 saturated carbocycles. The van der Waals surface area contributed by atoms with Crippen LogP contribution in [-0.2, 0) is 11.2 Å². The lowest BCUT2D eigenvalue weighted by molar-refractivity contribution is -0.141. The van der Waals surface area contributed by atoms with Crippen LogP contribution in [0.4, 0.5) is 0 Å². The lowest BCUT2D eigenvalue weighted by atomic mass is 10.00. The normalized spacial score (nSPS) is 12.1. The summed E-state index contributed by atoms with van der Waals surface area (Å²) in [4.78, 5) is 10.8. The van der Waals surface area contributed by atoms with Crippen LogP contribution in [0, 0.1) is 5.92 Å². The van der Waals surface area contributed by atoms with E-state index in [4.69, 9.17) is 15.6 Å². The number of nitrogens with two attached hydrogens (primary N) is 1. The summed E-state index contributed by atoms with van der Waals surface area (Å²) in [5, 5.41) is 8.83. The van der Waals surface area contributed by atoms with Crippen LogP contribution in [0.2, 0.25) is 0 Å². The summed E-state index contributed by atoms with van der Waals surface area (Å²) in [6.45, 7) is 0.186. The molecule has 0 fully saturated rings. The van der Waals surface area contributed by atoms with Crippen molar-refractivity contribution in [2.24, 2.45) is 11.7 Å². The van der Waals surface area contributed by atoms with Gasteiger partial charge in [-0.25, -0.2) is 0 Å². The van der Waals surface area contributed by atoms with Gasteiger partial charge in [0.05, 0.1) is 13.0 Å². The van der Waals surface area contributed by atoms with Crippen molar-refractivity contribution in [1.29, 1.82) is 0 Å². The number of carboxylic acids is 1. The van der Waals surface area contributed by atoms with Crippen molar-refractivity contribution >= 4 is 5.97 Å². The highest BCUT2D eigenvalue weighted by atomic mass is 16.5. The topological polar surface area (TPSA) is 72.5 Å². The van der Waals surface area contributed by atoms with Crippen molar-refractivity contribution in [3.05, 3.63) is 29.8 Å². The molecule has 0 saturated heterocycles. The maximum Gasteiger partial charge on any atom is 0.307 e. The Morgan fingerprint density at radius 1 is 1.44 bits per heavy atom. The largest absolute Gasteiger partial charge is 0.497 e. The Morgan fingerprint density at radius 2 is 2.06 bits per heavy atom. The molecule has 1 atom stereocenters. The molecule has 4 heteroatoms. The Labute approximate surface area is 95.0 Å². The zero-order valence-electron chi connectivity index (χ0n) is 9.35. The van der Waals surface area contributed by atoms with Crippen LogP contribution in [0.25, 0.3) is 0 Å². The minimum atomic E-state index is -0.823. The maximum atomic E-state index is 10.8. The van der Waals surface area contributed by atoms with Gasteiger partial charge in [-0.2, -0.15) is 0 Å². The van der Waals surface area contributed by atoms with Gasteiger partial charge in [-0.15, -0.1) is 0 Å². The van der Waals surface area contributed by atoms with Gasteiger partial charge in [0.1, 0.15) is 5.75 Å². The Hall–Kier alpha value is -1.55. The zero-order valence-corrected chi connectivity index (χ0v) is 9.35. The minimum Gasteiger partial charge on any atom is -0.497 e. The quantitative estimate of drug-likeness (QED) is 0.762. The summed E-state index contributed by atoms with van der Waals surface area (Å²) in [7, 11) is 1.61. The van der Waals surface area contributed by atoms with Gasteiger partial charge >= 0.3 is 5.97 Å². The van der Waals surface area contributed by atoms with Gasteiger partial charge in [0.15, 0.2) is 0 Å². The molecular formula is C12H17NO3. The second-order valence-electron chi connectivity index (χ2n) is 3.66. The van der Waals surface area contributed by atoms with Gasteiger partial charge < -0.3 is 15.6 Å². The van der Waals surface area contributed by atoms with Gasteiger partial charge in [0.25, 0.3) is 0 Å². The van der Waals surface area contributed by atoms with Crippen LogP contribution in [0.5, 0.6) is 5.75 Å². The second kappa shape index (κ2) is 6.12. The Balaban J connectivity index is 2.50. The van der Waals surface area contributed by atoms with Crippen LogP contribution in [0.1, 0.15) is 12.0 Å². The first kappa shape index (κ1) is 12.5. The Morgan fingerprint density at radius 3 is 2.50 bits per heavy atom. The summed E-state index contributed by atoms with van der Waals surface area (Å²) in [5.74, 6) is -0.476. The van der Waals surface area contributed by atoms with E-state index < -0.39 is 11.9 Å². The first-order valence-corrected chi connectivity index (χ1v) is 5.23. The number of carboxylic acid groups (broad SMARTS) is 1. The highest BCUT2D eigenvalue weighted by Gasteiger charge is 2.14. The van der Waals surface area contributed by atoms with E-state index in [2.05, 4.69) is 0 Å². The van der Waals surface area contributed by atoms with E-state index in [9.17, 15) is 4.79 Å². The molecular weight excluding hydrogens is 206 g/mol. The predicted molar refractivity (Wildman–Crippen MR) is 61.5 cm³/mol. The smallest absolute Gasteiger partial charge is 0.307 e. The Kier molecular flexibility index (Phi) is 4.79. The molecule has 16 heavy (non-hydrogen) atoms. The lowest BCUT2D eigenvalue weighted by Crippen LogP contribution is -2.23. The van der Waals surface area contributed by atoms with Gasteiger partial charge in [-0.1, -0.05) is 12.1 Å². The molecule has 0 aliphatic rings. The van der Waals surface area contributed by atoms with Gasteiger partial charge in [0, 0.05) is 6.54 Å². The molecule has 0 spiro atoms. The van der Waals surface area contributed by atoms with E-state index >= 15 is 0 Å². The molecule has 0 bridgehead atoms. The second-order valence-corrected chi connectivity index (χ2v) is 3.66. The number of aryl methyl sites for hydroxylation is 1. The van der Waals surface area contributed by atoms with Gasteiger partial charge in [0.2, 0.25) is 0 Å². The van der Waals surface area contributed by atoms with Crippen LogP contribution < -0.4 is 10.5 Å². The van der Waals surface area contributed by atoms with E-state index in [0.29, 0.717) is 6.42 Å². The number of aliphatic carboxylic acids is 1. The van der Waals surface area contributed by atoms with E-state index in [-0.39, 0.29) is 6.54 Å². The van der Waals surface area contributed by atoms with Crippen LogP contribution in [0.15, 0.2) is 24.3 Å². The number of benzene rings is 1. The van der Waals surface area contributed by atoms with Crippen molar-refractivity contribution in [2.45, 2.75) is 12.8 Å². The lowest BCUT2D eigenvalue weighted by Gasteiger charge is -2.09. The minimum absolute atomic E-state index is 0.186. The number of hydrogen-bond acceptors (Lipinski definition) is 3. The Bertz CT molecular complexity index is 335. The van der Waals surface area contributed by atoms with Gasteiger partial charge in [-0.3, -0.25) is 4.79 Å². The third kappa shape index (κ3) is 3.55. The molecule has 1 unspecified atom stereocenters. The van der Waals surface area contributed by atoms with Crippen molar-refractivity contribution in [2.75, 3.05) is 13.7 Å². The number of methoxy groups -OCH3 is 1. The van der Waals surface area contributed by atoms with Crippen molar-refractivity contribution in [3.63, 3.8) is 0 Å².